The van der Waals surface area contributed by atoms with Crippen LogP contribution in [0.4, 0.5) is 0 Å². The van der Waals surface area contributed by atoms with Crippen LogP contribution in [0.3, 0.4) is 0 Å². The van der Waals surface area contributed by atoms with Crippen LogP contribution in [0.15, 0.2) is 11.4 Å². The summed E-state index contributed by atoms with van der Waals surface area (Å²) in [5, 5.41) is 5.79. The first kappa shape index (κ1) is 15.0. The Hall–Kier alpha value is -0.420. The molecule has 2 atom stereocenters. The zero-order chi connectivity index (χ0) is 13.8. The van der Waals surface area contributed by atoms with Gasteiger partial charge in [-0.25, -0.2) is 0 Å². The van der Waals surface area contributed by atoms with E-state index in [9.17, 15) is 0 Å². The van der Waals surface area contributed by atoms with E-state index in [0.29, 0.717) is 12.1 Å². The van der Waals surface area contributed by atoms with E-state index < -0.39 is 0 Å². The van der Waals surface area contributed by atoms with E-state index in [1.165, 1.54) is 10.4 Å². The fraction of sp³-hybridized carbons (Fsp3) is 0.733. The van der Waals surface area contributed by atoms with E-state index in [1.54, 1.807) is 0 Å². The molecule has 3 nitrogen and oxygen atoms in total. The van der Waals surface area contributed by atoms with Crippen molar-refractivity contribution in [2.75, 3.05) is 26.2 Å². The van der Waals surface area contributed by atoms with Crippen LogP contribution < -0.4 is 5.32 Å². The number of ether oxygens (including phenoxy) is 1. The zero-order valence-electron chi connectivity index (χ0n) is 12.5. The summed E-state index contributed by atoms with van der Waals surface area (Å²) >= 11 is 1.82. The molecule has 0 bridgehead atoms. The van der Waals surface area contributed by atoms with E-state index in [4.69, 9.17) is 4.74 Å². The highest BCUT2D eigenvalue weighted by molar-refractivity contribution is 7.10. The number of rotatable bonds is 5. The van der Waals surface area contributed by atoms with Crippen LogP contribution in [0.1, 0.15) is 37.3 Å². The van der Waals surface area contributed by atoms with Crippen LogP contribution in [0.25, 0.3) is 0 Å². The molecule has 1 aromatic rings. The molecule has 0 radical (unpaired) electrons. The average Bonchev–Trinajstić information content (AvgIpc) is 2.82. The van der Waals surface area contributed by atoms with E-state index in [0.717, 1.165) is 26.2 Å². The Morgan fingerprint density at radius 3 is 2.89 bits per heavy atom. The first-order valence-electron chi connectivity index (χ1n) is 7.26. The molecular formula is C15H26N2OS. The minimum Gasteiger partial charge on any atom is -0.374 e. The smallest absolute Gasteiger partial charge is 0.0897 e. The Bertz CT molecular complexity index is 391. The standard InChI is InChI=1S/C15H26N2OS/c1-5-16-15(13-6-9-19-12(13)4)14-10-17(11(2)3)7-8-18-14/h6,9,11,14-16H,5,7-8,10H2,1-4H3. The summed E-state index contributed by atoms with van der Waals surface area (Å²) in [4.78, 5) is 3.91. The maximum Gasteiger partial charge on any atom is 0.0897 e. The molecule has 19 heavy (non-hydrogen) atoms. The number of thiophene rings is 1. The summed E-state index contributed by atoms with van der Waals surface area (Å²) in [6.45, 7) is 12.8. The van der Waals surface area contributed by atoms with Crippen molar-refractivity contribution in [1.82, 2.24) is 10.2 Å². The summed E-state index contributed by atoms with van der Waals surface area (Å²) in [5.41, 5.74) is 1.41. The first-order chi connectivity index (χ1) is 9.13. The number of hydrogen-bond donors (Lipinski definition) is 1. The number of morpholine rings is 1. The van der Waals surface area contributed by atoms with E-state index in [-0.39, 0.29) is 6.10 Å². The van der Waals surface area contributed by atoms with Gasteiger partial charge in [-0.3, -0.25) is 4.90 Å². The van der Waals surface area contributed by atoms with Crippen molar-refractivity contribution in [3.63, 3.8) is 0 Å². The van der Waals surface area contributed by atoms with Crippen LogP contribution in [0.2, 0.25) is 0 Å². The molecule has 108 valence electrons. The maximum atomic E-state index is 6.05. The fourth-order valence-electron chi connectivity index (χ4n) is 2.75. The molecule has 0 saturated carbocycles. The average molecular weight is 282 g/mol. The highest BCUT2D eigenvalue weighted by Gasteiger charge is 2.30. The van der Waals surface area contributed by atoms with Gasteiger partial charge in [0, 0.05) is 24.0 Å². The number of likely N-dealkylation sites (N-methyl/N-ethyl adjacent to an activating group) is 1. The molecule has 0 aromatic carbocycles. The van der Waals surface area contributed by atoms with Crippen molar-refractivity contribution in [2.24, 2.45) is 0 Å². The van der Waals surface area contributed by atoms with Gasteiger partial charge in [0.05, 0.1) is 18.8 Å². The SMILES string of the molecule is CCNC(c1ccsc1C)C1CN(C(C)C)CCO1. The second-order valence-corrected chi connectivity index (χ2v) is 6.59. The topological polar surface area (TPSA) is 24.5 Å². The van der Waals surface area contributed by atoms with Crippen molar-refractivity contribution in [2.45, 2.75) is 45.9 Å². The second-order valence-electron chi connectivity index (χ2n) is 5.47. The number of nitrogens with one attached hydrogen (secondary N) is 1. The van der Waals surface area contributed by atoms with Gasteiger partial charge in [-0.15, -0.1) is 11.3 Å². The first-order valence-corrected chi connectivity index (χ1v) is 8.14. The molecule has 1 fully saturated rings. The van der Waals surface area contributed by atoms with Crippen LogP contribution >= 0.6 is 11.3 Å². The van der Waals surface area contributed by atoms with Crippen LogP contribution in [0.5, 0.6) is 0 Å². The van der Waals surface area contributed by atoms with Gasteiger partial charge in [-0.2, -0.15) is 0 Å². The van der Waals surface area contributed by atoms with Gasteiger partial charge in [0.2, 0.25) is 0 Å². The zero-order valence-corrected chi connectivity index (χ0v) is 13.3. The summed E-state index contributed by atoms with van der Waals surface area (Å²) in [6, 6.07) is 3.15. The molecule has 1 saturated heterocycles. The lowest BCUT2D eigenvalue weighted by molar-refractivity contribution is -0.0558. The number of hydrogen-bond acceptors (Lipinski definition) is 4. The Balaban J connectivity index is 2.13. The molecule has 4 heteroatoms. The minimum atomic E-state index is 0.254. The highest BCUT2D eigenvalue weighted by atomic mass is 32.1. The minimum absolute atomic E-state index is 0.254. The van der Waals surface area contributed by atoms with Gasteiger partial charge in [-0.1, -0.05) is 6.92 Å². The molecular weight excluding hydrogens is 256 g/mol. The summed E-state index contributed by atoms with van der Waals surface area (Å²) in [7, 11) is 0. The van der Waals surface area contributed by atoms with Gasteiger partial charge in [0.25, 0.3) is 0 Å². The normalized spacial score (nSPS) is 22.9. The van der Waals surface area contributed by atoms with Crippen LogP contribution in [0, 0.1) is 6.92 Å². The molecule has 1 N–H and O–H groups in total. The lowest BCUT2D eigenvalue weighted by Crippen LogP contribution is -2.50. The molecule has 2 unspecified atom stereocenters. The summed E-state index contributed by atoms with van der Waals surface area (Å²) < 4.78 is 6.05. The van der Waals surface area contributed by atoms with Gasteiger partial charge in [0.1, 0.15) is 0 Å². The lowest BCUT2D eigenvalue weighted by Gasteiger charge is -2.39. The lowest BCUT2D eigenvalue weighted by atomic mass is 10.00. The molecule has 0 aliphatic carbocycles. The molecule has 1 aliphatic rings. The third-order valence-electron chi connectivity index (χ3n) is 3.89. The van der Waals surface area contributed by atoms with Gasteiger partial charge in [0.15, 0.2) is 0 Å². The highest BCUT2D eigenvalue weighted by Crippen LogP contribution is 2.28. The van der Waals surface area contributed by atoms with Gasteiger partial charge < -0.3 is 10.1 Å². The van der Waals surface area contributed by atoms with E-state index >= 15 is 0 Å². The second kappa shape index (κ2) is 6.84. The molecule has 0 spiro atoms. The van der Waals surface area contributed by atoms with Gasteiger partial charge in [-0.05, 0) is 44.3 Å². The predicted octanol–water partition coefficient (Wildman–Crippen LogP) is 2.82. The van der Waals surface area contributed by atoms with E-state index in [1.807, 2.05) is 11.3 Å². The number of aryl methyl sites for hydroxylation is 1. The van der Waals surface area contributed by atoms with Crippen molar-refractivity contribution in [3.8, 4) is 0 Å². The summed E-state index contributed by atoms with van der Waals surface area (Å²) in [6.07, 6.45) is 0.254. The Morgan fingerprint density at radius 1 is 1.53 bits per heavy atom. The van der Waals surface area contributed by atoms with Crippen LogP contribution in [-0.4, -0.2) is 43.3 Å². The molecule has 1 aromatic heterocycles. The Kier molecular flexibility index (Phi) is 5.39. The fourth-order valence-corrected chi connectivity index (χ4v) is 3.50. The molecule has 2 rings (SSSR count). The third kappa shape index (κ3) is 3.57. The Morgan fingerprint density at radius 2 is 2.32 bits per heavy atom. The summed E-state index contributed by atoms with van der Waals surface area (Å²) in [5.74, 6) is 0. The van der Waals surface area contributed by atoms with Crippen molar-refractivity contribution in [3.05, 3.63) is 21.9 Å². The predicted molar refractivity (Wildman–Crippen MR) is 81.9 cm³/mol. The van der Waals surface area contributed by atoms with Crippen LogP contribution in [-0.2, 0) is 4.74 Å². The van der Waals surface area contributed by atoms with Crippen molar-refractivity contribution in [1.29, 1.82) is 0 Å². The van der Waals surface area contributed by atoms with Crippen molar-refractivity contribution < 1.29 is 4.74 Å². The maximum absolute atomic E-state index is 6.05. The Labute approximate surface area is 121 Å². The number of nitrogens with zero attached hydrogens (tertiary/aromatic N) is 1. The monoisotopic (exact) mass is 282 g/mol. The molecule has 0 amide bonds. The molecule has 2 heterocycles. The van der Waals surface area contributed by atoms with Crippen molar-refractivity contribution >= 4 is 11.3 Å². The van der Waals surface area contributed by atoms with Gasteiger partial charge >= 0.3 is 0 Å². The quantitative estimate of drug-likeness (QED) is 0.899. The molecule has 1 aliphatic heterocycles. The largest absolute Gasteiger partial charge is 0.374 e. The van der Waals surface area contributed by atoms with E-state index in [2.05, 4.69) is 49.4 Å². The third-order valence-corrected chi connectivity index (χ3v) is 4.75.